The summed E-state index contributed by atoms with van der Waals surface area (Å²) in [5.41, 5.74) is 11.4. The van der Waals surface area contributed by atoms with Gasteiger partial charge >= 0.3 is 5.97 Å². The SMILES string of the molecule is CC(C)CC(NC(=O)C(C)NC(=O)C(Cc1cnc[nH]1)NC(=O)C(N)CCC(N)=O)C(=O)O. The number of H-pyrrole nitrogens is 1. The molecule has 0 saturated carbocycles. The Hall–Kier alpha value is -3.48. The van der Waals surface area contributed by atoms with Crippen molar-refractivity contribution in [2.75, 3.05) is 0 Å². The number of hydrogen-bond donors (Lipinski definition) is 7. The van der Waals surface area contributed by atoms with Crippen LogP contribution in [0.4, 0.5) is 0 Å². The highest BCUT2D eigenvalue weighted by molar-refractivity contribution is 5.94. The lowest BCUT2D eigenvalue weighted by molar-refractivity contribution is -0.142. The second-order valence-corrected chi connectivity index (χ2v) is 8.21. The van der Waals surface area contributed by atoms with Crippen LogP contribution in [0.25, 0.3) is 0 Å². The molecule has 9 N–H and O–H groups in total. The third-order valence-corrected chi connectivity index (χ3v) is 4.72. The molecule has 33 heavy (non-hydrogen) atoms. The highest BCUT2D eigenvalue weighted by Crippen LogP contribution is 2.06. The van der Waals surface area contributed by atoms with E-state index in [-0.39, 0.29) is 31.6 Å². The van der Waals surface area contributed by atoms with Gasteiger partial charge in [-0.2, -0.15) is 0 Å². The minimum atomic E-state index is -1.18. The molecule has 1 heterocycles. The Morgan fingerprint density at radius 3 is 2.18 bits per heavy atom. The summed E-state index contributed by atoms with van der Waals surface area (Å²) in [6, 6.07) is -4.35. The van der Waals surface area contributed by atoms with Crippen molar-refractivity contribution in [1.29, 1.82) is 0 Å². The Labute approximate surface area is 191 Å². The van der Waals surface area contributed by atoms with Crippen molar-refractivity contribution in [3.63, 3.8) is 0 Å². The van der Waals surface area contributed by atoms with Crippen LogP contribution in [0.3, 0.4) is 0 Å². The number of nitrogens with one attached hydrogen (secondary N) is 4. The van der Waals surface area contributed by atoms with E-state index in [0.29, 0.717) is 5.69 Å². The zero-order chi connectivity index (χ0) is 25.1. The number of carboxylic acid groups (broad SMARTS) is 1. The number of carbonyl (C=O) groups excluding carboxylic acids is 4. The quantitative estimate of drug-likeness (QED) is 0.164. The predicted octanol–water partition coefficient (Wildman–Crippen LogP) is -1.85. The minimum Gasteiger partial charge on any atom is -0.480 e. The summed E-state index contributed by atoms with van der Waals surface area (Å²) in [6.07, 6.45) is 3.04. The number of rotatable bonds is 14. The highest BCUT2D eigenvalue weighted by Gasteiger charge is 2.29. The summed E-state index contributed by atoms with van der Waals surface area (Å²) < 4.78 is 0. The zero-order valence-corrected chi connectivity index (χ0v) is 19.0. The first kappa shape index (κ1) is 27.6. The van der Waals surface area contributed by atoms with Gasteiger partial charge in [-0.15, -0.1) is 0 Å². The summed E-state index contributed by atoms with van der Waals surface area (Å²) in [5.74, 6) is -3.79. The number of hydrogen-bond acceptors (Lipinski definition) is 7. The van der Waals surface area contributed by atoms with E-state index in [9.17, 15) is 29.1 Å². The van der Waals surface area contributed by atoms with E-state index >= 15 is 0 Å². The van der Waals surface area contributed by atoms with Gasteiger partial charge in [-0.3, -0.25) is 19.2 Å². The van der Waals surface area contributed by atoms with Gasteiger partial charge in [0, 0.05) is 24.7 Å². The largest absolute Gasteiger partial charge is 0.480 e. The first-order valence-corrected chi connectivity index (χ1v) is 10.6. The number of amides is 4. The Bertz CT molecular complexity index is 827. The Balaban J connectivity index is 2.83. The van der Waals surface area contributed by atoms with Gasteiger partial charge in [0.05, 0.1) is 12.4 Å². The topological polar surface area (TPSA) is 222 Å². The van der Waals surface area contributed by atoms with Crippen LogP contribution in [-0.2, 0) is 30.4 Å². The van der Waals surface area contributed by atoms with Gasteiger partial charge in [0.2, 0.25) is 23.6 Å². The van der Waals surface area contributed by atoms with Crippen molar-refractivity contribution in [3.8, 4) is 0 Å². The Kier molecular flexibility index (Phi) is 11.0. The maximum Gasteiger partial charge on any atom is 0.326 e. The monoisotopic (exact) mass is 467 g/mol. The number of imidazole rings is 1. The summed E-state index contributed by atoms with van der Waals surface area (Å²) in [4.78, 5) is 66.7. The highest BCUT2D eigenvalue weighted by atomic mass is 16.4. The molecular formula is C20H33N7O6. The lowest BCUT2D eigenvalue weighted by Gasteiger charge is -2.23. The van der Waals surface area contributed by atoms with E-state index in [2.05, 4.69) is 25.9 Å². The van der Waals surface area contributed by atoms with Crippen LogP contribution in [0.5, 0.6) is 0 Å². The van der Waals surface area contributed by atoms with Gasteiger partial charge in [-0.05, 0) is 25.7 Å². The summed E-state index contributed by atoms with van der Waals surface area (Å²) in [7, 11) is 0. The molecule has 1 aromatic heterocycles. The number of aromatic amines is 1. The molecule has 0 fully saturated rings. The van der Waals surface area contributed by atoms with Crippen LogP contribution < -0.4 is 27.4 Å². The van der Waals surface area contributed by atoms with Crippen molar-refractivity contribution in [3.05, 3.63) is 18.2 Å². The molecule has 0 radical (unpaired) electrons. The van der Waals surface area contributed by atoms with E-state index in [1.807, 2.05) is 13.8 Å². The third kappa shape index (κ3) is 10.1. The summed E-state index contributed by atoms with van der Waals surface area (Å²) in [5, 5.41) is 16.7. The molecule has 0 aliphatic heterocycles. The number of aliphatic carboxylic acids is 1. The molecule has 1 rings (SSSR count). The standard InChI is InChI=1S/C20H33N7O6/c1-10(2)6-15(20(32)33)27-17(29)11(3)25-19(31)14(7-12-8-23-9-24-12)26-18(30)13(21)4-5-16(22)28/h8-11,13-15H,4-7,21H2,1-3H3,(H2,22,28)(H,23,24)(H,25,31)(H,26,30)(H,27,29)(H,32,33). The number of carbonyl (C=O) groups is 5. The molecule has 13 nitrogen and oxygen atoms in total. The first-order valence-electron chi connectivity index (χ1n) is 10.6. The average molecular weight is 468 g/mol. The minimum absolute atomic E-state index is 0.00476. The molecule has 4 atom stereocenters. The van der Waals surface area contributed by atoms with Crippen LogP contribution in [0.2, 0.25) is 0 Å². The van der Waals surface area contributed by atoms with Crippen LogP contribution in [0, 0.1) is 5.92 Å². The van der Waals surface area contributed by atoms with Crippen LogP contribution >= 0.6 is 0 Å². The molecular weight excluding hydrogens is 434 g/mol. The molecule has 1 aromatic rings. The summed E-state index contributed by atoms with van der Waals surface area (Å²) in [6.45, 7) is 5.05. The normalized spacial score (nSPS) is 14.6. The van der Waals surface area contributed by atoms with Crippen molar-refractivity contribution in [2.24, 2.45) is 17.4 Å². The van der Waals surface area contributed by atoms with E-state index < -0.39 is 53.8 Å². The van der Waals surface area contributed by atoms with Crippen molar-refractivity contribution >= 4 is 29.6 Å². The maximum atomic E-state index is 12.8. The van der Waals surface area contributed by atoms with Crippen LogP contribution in [0.1, 0.15) is 45.7 Å². The Morgan fingerprint density at radius 2 is 1.67 bits per heavy atom. The molecule has 0 saturated heterocycles. The summed E-state index contributed by atoms with van der Waals surface area (Å²) >= 11 is 0. The van der Waals surface area contributed by atoms with Crippen molar-refractivity contribution in [2.45, 2.75) is 70.6 Å². The van der Waals surface area contributed by atoms with Crippen LogP contribution in [0.15, 0.2) is 12.5 Å². The number of nitrogens with zero attached hydrogens (tertiary/aromatic N) is 1. The number of primary amides is 1. The van der Waals surface area contributed by atoms with E-state index in [4.69, 9.17) is 11.5 Å². The van der Waals surface area contributed by atoms with Crippen LogP contribution in [-0.4, -0.2) is 68.8 Å². The van der Waals surface area contributed by atoms with Crippen molar-refractivity contribution in [1.82, 2.24) is 25.9 Å². The van der Waals surface area contributed by atoms with Gasteiger partial charge in [0.1, 0.15) is 18.1 Å². The second kappa shape index (κ2) is 13.2. The molecule has 0 aliphatic rings. The smallest absolute Gasteiger partial charge is 0.326 e. The number of aromatic nitrogens is 2. The number of nitrogens with two attached hydrogens (primary N) is 2. The van der Waals surface area contributed by atoms with Gasteiger partial charge in [-0.25, -0.2) is 9.78 Å². The molecule has 0 bridgehead atoms. The van der Waals surface area contributed by atoms with E-state index in [1.165, 1.54) is 19.4 Å². The second-order valence-electron chi connectivity index (χ2n) is 8.21. The molecule has 4 unspecified atom stereocenters. The average Bonchev–Trinajstić information content (AvgIpc) is 3.23. The van der Waals surface area contributed by atoms with Crippen molar-refractivity contribution < 1.29 is 29.1 Å². The predicted molar refractivity (Wildman–Crippen MR) is 117 cm³/mol. The fourth-order valence-corrected chi connectivity index (χ4v) is 2.90. The van der Waals surface area contributed by atoms with Gasteiger partial charge < -0.3 is 37.5 Å². The fourth-order valence-electron chi connectivity index (χ4n) is 2.90. The lowest BCUT2D eigenvalue weighted by Crippen LogP contribution is -2.57. The lowest BCUT2D eigenvalue weighted by atomic mass is 10.0. The molecule has 0 aliphatic carbocycles. The molecule has 4 amide bonds. The van der Waals surface area contributed by atoms with Gasteiger partial charge in [0.15, 0.2) is 0 Å². The molecule has 184 valence electrons. The third-order valence-electron chi connectivity index (χ3n) is 4.72. The maximum absolute atomic E-state index is 12.8. The molecule has 0 aromatic carbocycles. The van der Waals surface area contributed by atoms with Gasteiger partial charge in [0.25, 0.3) is 0 Å². The van der Waals surface area contributed by atoms with E-state index in [1.54, 1.807) is 0 Å². The fraction of sp³-hybridized carbons (Fsp3) is 0.600. The van der Waals surface area contributed by atoms with Gasteiger partial charge in [-0.1, -0.05) is 13.8 Å². The molecule has 0 spiro atoms. The Morgan fingerprint density at radius 1 is 1.03 bits per heavy atom. The van der Waals surface area contributed by atoms with E-state index in [0.717, 1.165) is 0 Å². The zero-order valence-electron chi connectivity index (χ0n) is 19.0. The molecule has 13 heteroatoms. The first-order chi connectivity index (χ1) is 15.4. The number of carboxylic acids is 1.